The molecule has 7 nitrogen and oxygen atoms in total. The Bertz CT molecular complexity index is 1400. The van der Waals surface area contributed by atoms with E-state index < -0.39 is 29.9 Å². The minimum absolute atomic E-state index is 0.136. The van der Waals surface area contributed by atoms with Gasteiger partial charge in [-0.05, 0) is 80.3 Å². The zero-order chi connectivity index (χ0) is 29.4. The zero-order valence-electron chi connectivity index (χ0n) is 22.5. The van der Waals surface area contributed by atoms with Crippen molar-refractivity contribution in [3.8, 4) is 16.9 Å². The van der Waals surface area contributed by atoms with Crippen LogP contribution in [0.1, 0.15) is 31.4 Å². The number of halogens is 4. The van der Waals surface area contributed by atoms with Crippen LogP contribution in [0.2, 0.25) is 5.02 Å². The second-order valence-electron chi connectivity index (χ2n) is 10.4. The number of alkyl halides is 2. The molecule has 214 valence electrons. The van der Waals surface area contributed by atoms with Crippen molar-refractivity contribution >= 4 is 29.0 Å². The standard InChI is InChI=1S/C29H31ClF3N3O4/c1-16-7-19(31)5-6-23(16)24-12-26(36-14-21(38)11-20(36)15-37)34-13-25(24)35(4)27(39)29(2,3)17-8-18(30)10-22(9-17)40-28(32)33/h5-10,12-13,20-21,28,37-38H,11,14-15H2,1-4H3. The highest BCUT2D eigenvalue weighted by atomic mass is 35.5. The maximum atomic E-state index is 14.0. The largest absolute Gasteiger partial charge is 0.435 e. The van der Waals surface area contributed by atoms with Crippen molar-refractivity contribution in [2.75, 3.05) is 30.0 Å². The van der Waals surface area contributed by atoms with Gasteiger partial charge in [0.25, 0.3) is 0 Å². The molecule has 1 aliphatic rings. The highest BCUT2D eigenvalue weighted by Crippen LogP contribution is 2.39. The van der Waals surface area contributed by atoms with Crippen molar-refractivity contribution in [1.82, 2.24) is 4.98 Å². The number of anilines is 2. The van der Waals surface area contributed by atoms with Gasteiger partial charge in [-0.3, -0.25) is 4.79 Å². The summed E-state index contributed by atoms with van der Waals surface area (Å²) in [7, 11) is 1.57. The van der Waals surface area contributed by atoms with Crippen LogP contribution in [0.15, 0.2) is 48.7 Å². The summed E-state index contributed by atoms with van der Waals surface area (Å²) < 4.78 is 44.2. The molecule has 1 saturated heterocycles. The lowest BCUT2D eigenvalue weighted by Gasteiger charge is -2.32. The number of likely N-dealkylation sites (N-methyl/N-ethyl adjacent to an activating group) is 1. The predicted octanol–water partition coefficient (Wildman–Crippen LogP) is 5.32. The first-order valence-corrected chi connectivity index (χ1v) is 13.1. The van der Waals surface area contributed by atoms with Crippen molar-refractivity contribution in [3.63, 3.8) is 0 Å². The normalized spacial score (nSPS) is 17.4. The Morgan fingerprint density at radius 3 is 2.60 bits per heavy atom. The summed E-state index contributed by atoms with van der Waals surface area (Å²) in [5.74, 6) is -0.477. The highest BCUT2D eigenvalue weighted by Gasteiger charge is 2.36. The van der Waals surface area contributed by atoms with Crippen molar-refractivity contribution in [3.05, 3.63) is 70.6 Å². The molecule has 11 heteroatoms. The number of aliphatic hydroxyl groups is 2. The lowest BCUT2D eigenvalue weighted by molar-refractivity contribution is -0.122. The molecule has 1 amide bonds. The number of carbonyl (C=O) groups excluding carboxylic acids is 1. The Morgan fingerprint density at radius 1 is 1.23 bits per heavy atom. The van der Waals surface area contributed by atoms with Crippen LogP contribution in [0.3, 0.4) is 0 Å². The van der Waals surface area contributed by atoms with E-state index in [1.165, 1.54) is 41.4 Å². The van der Waals surface area contributed by atoms with Gasteiger partial charge < -0.3 is 24.7 Å². The van der Waals surface area contributed by atoms with Crippen LogP contribution < -0.4 is 14.5 Å². The van der Waals surface area contributed by atoms with E-state index in [0.29, 0.717) is 40.2 Å². The third-order valence-corrected chi connectivity index (χ3v) is 7.48. The van der Waals surface area contributed by atoms with Gasteiger partial charge in [0, 0.05) is 24.2 Å². The summed E-state index contributed by atoms with van der Waals surface area (Å²) in [6, 6.07) is 9.86. The molecule has 1 fully saturated rings. The van der Waals surface area contributed by atoms with Crippen LogP contribution in [-0.4, -0.2) is 60.1 Å². The van der Waals surface area contributed by atoms with E-state index in [4.69, 9.17) is 11.6 Å². The molecule has 0 saturated carbocycles. The molecule has 2 unspecified atom stereocenters. The van der Waals surface area contributed by atoms with Gasteiger partial charge in [0.05, 0.1) is 36.1 Å². The maximum Gasteiger partial charge on any atom is 0.387 e. The number of ether oxygens (including phenoxy) is 1. The number of aryl methyl sites for hydroxylation is 1. The number of nitrogens with zero attached hydrogens (tertiary/aromatic N) is 3. The average molecular weight is 578 g/mol. The quantitative estimate of drug-likeness (QED) is 0.377. The summed E-state index contributed by atoms with van der Waals surface area (Å²) in [5, 5.41) is 20.2. The van der Waals surface area contributed by atoms with Crippen LogP contribution in [0.4, 0.5) is 24.7 Å². The van der Waals surface area contributed by atoms with Gasteiger partial charge >= 0.3 is 6.61 Å². The minimum atomic E-state index is -3.05. The number of carbonyl (C=O) groups is 1. The molecule has 2 aromatic carbocycles. The fraction of sp³-hybridized carbons (Fsp3) is 0.379. The van der Waals surface area contributed by atoms with Crippen LogP contribution >= 0.6 is 11.6 Å². The molecule has 1 aromatic heterocycles. The number of β-amino-alcohol motifs (C(OH)–C–C–N with tert-alkyl or cyclic N) is 1. The van der Waals surface area contributed by atoms with Crippen molar-refractivity contribution in [2.24, 2.45) is 0 Å². The second-order valence-corrected chi connectivity index (χ2v) is 10.9. The molecule has 0 aliphatic carbocycles. The van der Waals surface area contributed by atoms with E-state index in [9.17, 15) is 28.2 Å². The van der Waals surface area contributed by atoms with E-state index in [-0.39, 0.29) is 30.0 Å². The lowest BCUT2D eigenvalue weighted by Crippen LogP contribution is -2.42. The van der Waals surface area contributed by atoms with Crippen LogP contribution in [0, 0.1) is 12.7 Å². The molecule has 2 heterocycles. The van der Waals surface area contributed by atoms with Crippen molar-refractivity contribution in [2.45, 2.75) is 51.4 Å². The summed E-state index contributed by atoms with van der Waals surface area (Å²) >= 11 is 6.16. The molecule has 2 N–H and O–H groups in total. The monoisotopic (exact) mass is 577 g/mol. The number of amides is 1. The number of hydrogen-bond donors (Lipinski definition) is 2. The highest BCUT2D eigenvalue weighted by molar-refractivity contribution is 6.30. The van der Waals surface area contributed by atoms with E-state index >= 15 is 0 Å². The van der Waals surface area contributed by atoms with Gasteiger partial charge in [-0.2, -0.15) is 8.78 Å². The molecule has 4 rings (SSSR count). The first-order chi connectivity index (χ1) is 18.8. The van der Waals surface area contributed by atoms with Gasteiger partial charge in [0.1, 0.15) is 17.4 Å². The van der Waals surface area contributed by atoms with Gasteiger partial charge in [-0.15, -0.1) is 0 Å². The molecule has 1 aliphatic heterocycles. The topological polar surface area (TPSA) is 86.1 Å². The molecular formula is C29H31ClF3N3O4. The SMILES string of the molecule is Cc1cc(F)ccc1-c1cc(N2CC(O)CC2CO)ncc1N(C)C(=O)C(C)(C)c1cc(Cl)cc(OC(F)F)c1. The van der Waals surface area contributed by atoms with Crippen molar-refractivity contribution in [1.29, 1.82) is 0 Å². The number of hydrogen-bond acceptors (Lipinski definition) is 6. The van der Waals surface area contributed by atoms with Gasteiger partial charge in [0.15, 0.2) is 0 Å². The molecule has 0 spiro atoms. The predicted molar refractivity (Wildman–Crippen MR) is 148 cm³/mol. The number of aromatic nitrogens is 1. The van der Waals surface area contributed by atoms with Crippen LogP contribution in [-0.2, 0) is 10.2 Å². The van der Waals surface area contributed by atoms with E-state index in [0.717, 1.165) is 0 Å². The number of aliphatic hydroxyl groups excluding tert-OH is 2. The fourth-order valence-electron chi connectivity index (χ4n) is 5.10. The third kappa shape index (κ3) is 6.04. The zero-order valence-corrected chi connectivity index (χ0v) is 23.3. The van der Waals surface area contributed by atoms with Gasteiger partial charge in [-0.25, -0.2) is 9.37 Å². The summed E-state index contributed by atoms with van der Waals surface area (Å²) in [5.41, 5.74) is 1.43. The number of benzene rings is 2. The number of rotatable bonds is 8. The fourth-order valence-corrected chi connectivity index (χ4v) is 5.32. The molecule has 0 bridgehead atoms. The lowest BCUT2D eigenvalue weighted by atomic mass is 9.82. The first kappa shape index (κ1) is 29.6. The maximum absolute atomic E-state index is 14.0. The Balaban J connectivity index is 1.79. The molecule has 40 heavy (non-hydrogen) atoms. The van der Waals surface area contributed by atoms with E-state index in [2.05, 4.69) is 9.72 Å². The first-order valence-electron chi connectivity index (χ1n) is 12.7. The summed E-state index contributed by atoms with van der Waals surface area (Å²) in [4.78, 5) is 21.7. The Labute approximate surface area is 235 Å². The number of pyridine rings is 1. The van der Waals surface area contributed by atoms with Crippen LogP contribution in [0.5, 0.6) is 5.75 Å². The van der Waals surface area contributed by atoms with Gasteiger partial charge in [0.2, 0.25) is 5.91 Å². The smallest absolute Gasteiger partial charge is 0.387 e. The van der Waals surface area contributed by atoms with Crippen LogP contribution in [0.25, 0.3) is 11.1 Å². The van der Waals surface area contributed by atoms with Gasteiger partial charge in [-0.1, -0.05) is 17.7 Å². The summed E-state index contributed by atoms with van der Waals surface area (Å²) in [6.07, 6.45) is 1.27. The molecule has 3 aromatic rings. The molecule has 0 radical (unpaired) electrons. The van der Waals surface area contributed by atoms with Crippen molar-refractivity contribution < 1.29 is 32.9 Å². The molecule has 2 atom stereocenters. The Kier molecular flexibility index (Phi) is 8.63. The second kappa shape index (κ2) is 11.6. The van der Waals surface area contributed by atoms with E-state index in [1.54, 1.807) is 44.9 Å². The minimum Gasteiger partial charge on any atom is -0.435 e. The molecular weight excluding hydrogens is 547 g/mol. The Morgan fingerprint density at radius 2 is 1.95 bits per heavy atom. The summed E-state index contributed by atoms with van der Waals surface area (Å²) in [6.45, 7) is 2.09. The Hall–Kier alpha value is -3.34. The van der Waals surface area contributed by atoms with E-state index in [1.807, 2.05) is 0 Å². The third-order valence-electron chi connectivity index (χ3n) is 7.26. The average Bonchev–Trinajstić information content (AvgIpc) is 3.27.